The van der Waals surface area contributed by atoms with Gasteiger partial charge in [-0.2, -0.15) is 0 Å². The highest BCUT2D eigenvalue weighted by molar-refractivity contribution is 5.77. The fourth-order valence-electron chi connectivity index (χ4n) is 2.26. The average molecular weight is 247 g/mol. The first-order chi connectivity index (χ1) is 8.48. The molecule has 2 rings (SSSR count). The lowest BCUT2D eigenvalue weighted by atomic mass is 9.75. The number of rotatable bonds is 4. The number of nitrogens with two attached hydrogens (primary N) is 1. The molecular weight excluding hydrogens is 226 g/mol. The standard InChI is InChI=1S/C14H21N3O/c1-11-5-3-6-12(16-11)10-17(2)13(18)9-14(15)7-4-8-14/h3,5-6H,4,7-10,15H2,1-2H3. The Balaban J connectivity index is 1.91. The second kappa shape index (κ2) is 5.06. The molecule has 1 amide bonds. The molecule has 0 unspecified atom stereocenters. The Morgan fingerprint density at radius 3 is 2.78 bits per heavy atom. The van der Waals surface area contributed by atoms with E-state index in [2.05, 4.69) is 4.98 Å². The van der Waals surface area contributed by atoms with Crippen LogP contribution >= 0.6 is 0 Å². The normalized spacial score (nSPS) is 17.1. The van der Waals surface area contributed by atoms with Crippen LogP contribution in [-0.2, 0) is 11.3 Å². The Morgan fingerprint density at radius 2 is 2.22 bits per heavy atom. The van der Waals surface area contributed by atoms with Gasteiger partial charge in [0.25, 0.3) is 0 Å². The van der Waals surface area contributed by atoms with E-state index in [1.165, 1.54) is 0 Å². The van der Waals surface area contributed by atoms with Crippen LogP contribution in [0.5, 0.6) is 0 Å². The van der Waals surface area contributed by atoms with E-state index < -0.39 is 0 Å². The maximum absolute atomic E-state index is 12.1. The zero-order valence-corrected chi connectivity index (χ0v) is 11.1. The Kier molecular flexibility index (Phi) is 3.66. The van der Waals surface area contributed by atoms with E-state index in [0.29, 0.717) is 13.0 Å². The van der Waals surface area contributed by atoms with Crippen LogP contribution in [-0.4, -0.2) is 28.4 Å². The molecular formula is C14H21N3O. The van der Waals surface area contributed by atoms with Crippen LogP contribution in [0.25, 0.3) is 0 Å². The molecule has 0 spiro atoms. The molecule has 1 aromatic heterocycles. The molecule has 0 saturated heterocycles. The van der Waals surface area contributed by atoms with Gasteiger partial charge >= 0.3 is 0 Å². The van der Waals surface area contributed by atoms with E-state index >= 15 is 0 Å². The first-order valence-electron chi connectivity index (χ1n) is 6.44. The predicted molar refractivity (Wildman–Crippen MR) is 70.8 cm³/mol. The summed E-state index contributed by atoms with van der Waals surface area (Å²) in [5.74, 6) is 0.112. The van der Waals surface area contributed by atoms with Gasteiger partial charge in [-0.1, -0.05) is 6.07 Å². The molecule has 18 heavy (non-hydrogen) atoms. The van der Waals surface area contributed by atoms with Gasteiger partial charge in [-0.3, -0.25) is 9.78 Å². The average Bonchev–Trinajstić information content (AvgIpc) is 2.26. The number of carbonyl (C=O) groups is 1. The number of hydrogen-bond donors (Lipinski definition) is 1. The third-order valence-electron chi connectivity index (χ3n) is 3.62. The summed E-state index contributed by atoms with van der Waals surface area (Å²) in [5, 5.41) is 0. The topological polar surface area (TPSA) is 59.2 Å². The zero-order valence-electron chi connectivity index (χ0n) is 11.1. The number of aromatic nitrogens is 1. The van der Waals surface area contributed by atoms with Gasteiger partial charge < -0.3 is 10.6 Å². The van der Waals surface area contributed by atoms with E-state index in [1.807, 2.05) is 32.2 Å². The van der Waals surface area contributed by atoms with Crippen molar-refractivity contribution >= 4 is 5.91 Å². The summed E-state index contributed by atoms with van der Waals surface area (Å²) in [6.45, 7) is 2.51. The van der Waals surface area contributed by atoms with Crippen molar-refractivity contribution in [2.45, 2.75) is 44.7 Å². The van der Waals surface area contributed by atoms with Gasteiger partial charge in [-0.15, -0.1) is 0 Å². The monoisotopic (exact) mass is 247 g/mol. The van der Waals surface area contributed by atoms with Crippen LogP contribution in [0.4, 0.5) is 0 Å². The molecule has 4 heteroatoms. The molecule has 98 valence electrons. The highest BCUT2D eigenvalue weighted by Gasteiger charge is 2.35. The maximum Gasteiger partial charge on any atom is 0.224 e. The SMILES string of the molecule is Cc1cccc(CN(C)C(=O)CC2(N)CCC2)n1. The molecule has 0 aliphatic heterocycles. The summed E-state index contributed by atoms with van der Waals surface area (Å²) in [7, 11) is 1.81. The minimum absolute atomic E-state index is 0.112. The highest BCUT2D eigenvalue weighted by Crippen LogP contribution is 2.32. The molecule has 1 fully saturated rings. The quantitative estimate of drug-likeness (QED) is 0.879. The number of aryl methyl sites for hydroxylation is 1. The van der Waals surface area contributed by atoms with Crippen molar-refractivity contribution in [3.63, 3.8) is 0 Å². The highest BCUT2D eigenvalue weighted by atomic mass is 16.2. The van der Waals surface area contributed by atoms with Crippen molar-refractivity contribution in [3.8, 4) is 0 Å². The largest absolute Gasteiger partial charge is 0.340 e. The Morgan fingerprint density at radius 1 is 1.50 bits per heavy atom. The van der Waals surface area contributed by atoms with Gasteiger partial charge in [-0.25, -0.2) is 0 Å². The fraction of sp³-hybridized carbons (Fsp3) is 0.571. The van der Waals surface area contributed by atoms with Gasteiger partial charge in [0, 0.05) is 24.7 Å². The molecule has 4 nitrogen and oxygen atoms in total. The molecule has 1 saturated carbocycles. The van der Waals surface area contributed by atoms with Crippen molar-refractivity contribution in [1.82, 2.24) is 9.88 Å². The molecule has 0 bridgehead atoms. The van der Waals surface area contributed by atoms with Crippen LogP contribution in [0.3, 0.4) is 0 Å². The lowest BCUT2D eigenvalue weighted by Gasteiger charge is -2.38. The van der Waals surface area contributed by atoms with Crippen molar-refractivity contribution in [1.29, 1.82) is 0 Å². The van der Waals surface area contributed by atoms with Gasteiger partial charge in [-0.05, 0) is 38.3 Å². The van der Waals surface area contributed by atoms with E-state index in [9.17, 15) is 4.79 Å². The van der Waals surface area contributed by atoms with Crippen LogP contribution in [0.15, 0.2) is 18.2 Å². The second-order valence-electron chi connectivity index (χ2n) is 5.41. The van der Waals surface area contributed by atoms with Gasteiger partial charge in [0.2, 0.25) is 5.91 Å². The summed E-state index contributed by atoms with van der Waals surface area (Å²) in [4.78, 5) is 18.2. The Bertz CT molecular complexity index is 440. The summed E-state index contributed by atoms with van der Waals surface area (Å²) < 4.78 is 0. The number of carbonyl (C=O) groups excluding carboxylic acids is 1. The first kappa shape index (κ1) is 13.0. The lowest BCUT2D eigenvalue weighted by molar-refractivity contribution is -0.132. The molecule has 1 aromatic rings. The van der Waals surface area contributed by atoms with Crippen molar-refractivity contribution in [2.24, 2.45) is 5.73 Å². The van der Waals surface area contributed by atoms with Crippen molar-refractivity contribution in [2.75, 3.05) is 7.05 Å². The number of amides is 1. The number of hydrogen-bond acceptors (Lipinski definition) is 3. The molecule has 1 aliphatic carbocycles. The fourth-order valence-corrected chi connectivity index (χ4v) is 2.26. The molecule has 1 aliphatic rings. The smallest absolute Gasteiger partial charge is 0.224 e. The molecule has 2 N–H and O–H groups in total. The summed E-state index contributed by atoms with van der Waals surface area (Å²) in [6.07, 6.45) is 3.53. The van der Waals surface area contributed by atoms with E-state index in [4.69, 9.17) is 5.73 Å². The molecule has 1 heterocycles. The predicted octanol–water partition coefficient (Wildman–Crippen LogP) is 1.62. The number of nitrogens with zero attached hydrogens (tertiary/aromatic N) is 2. The maximum atomic E-state index is 12.1. The van der Waals surface area contributed by atoms with Gasteiger partial charge in [0.05, 0.1) is 12.2 Å². The van der Waals surface area contributed by atoms with Crippen molar-refractivity contribution < 1.29 is 4.79 Å². The summed E-state index contributed by atoms with van der Waals surface area (Å²) in [6, 6.07) is 5.86. The summed E-state index contributed by atoms with van der Waals surface area (Å²) >= 11 is 0. The van der Waals surface area contributed by atoms with Gasteiger partial charge in [0.1, 0.15) is 0 Å². The number of pyridine rings is 1. The van der Waals surface area contributed by atoms with E-state index in [1.54, 1.807) is 4.90 Å². The lowest BCUT2D eigenvalue weighted by Crippen LogP contribution is -2.50. The van der Waals surface area contributed by atoms with E-state index in [0.717, 1.165) is 30.7 Å². The zero-order chi connectivity index (χ0) is 13.2. The van der Waals surface area contributed by atoms with Crippen LogP contribution in [0.1, 0.15) is 37.1 Å². The van der Waals surface area contributed by atoms with Crippen LogP contribution in [0.2, 0.25) is 0 Å². The molecule has 0 atom stereocenters. The van der Waals surface area contributed by atoms with Crippen LogP contribution in [0, 0.1) is 6.92 Å². The first-order valence-corrected chi connectivity index (χ1v) is 6.44. The molecule has 0 radical (unpaired) electrons. The second-order valence-corrected chi connectivity index (χ2v) is 5.41. The minimum Gasteiger partial charge on any atom is -0.340 e. The Hall–Kier alpha value is -1.42. The van der Waals surface area contributed by atoms with E-state index in [-0.39, 0.29) is 11.4 Å². The third-order valence-corrected chi connectivity index (χ3v) is 3.62. The molecule has 0 aromatic carbocycles. The summed E-state index contributed by atoms with van der Waals surface area (Å²) in [5.41, 5.74) is 7.75. The van der Waals surface area contributed by atoms with Gasteiger partial charge in [0.15, 0.2) is 0 Å². The van der Waals surface area contributed by atoms with Crippen molar-refractivity contribution in [3.05, 3.63) is 29.6 Å². The Labute approximate surface area is 108 Å². The minimum atomic E-state index is -0.245. The third kappa shape index (κ3) is 3.07. The van der Waals surface area contributed by atoms with Crippen LogP contribution < -0.4 is 5.73 Å².